The van der Waals surface area contributed by atoms with Gasteiger partial charge in [0.2, 0.25) is 0 Å². The summed E-state index contributed by atoms with van der Waals surface area (Å²) in [7, 11) is 1.19. The van der Waals surface area contributed by atoms with E-state index in [0.717, 1.165) is 10.6 Å². The van der Waals surface area contributed by atoms with Crippen molar-refractivity contribution in [3.05, 3.63) is 98.7 Å². The molecule has 0 bridgehead atoms. The summed E-state index contributed by atoms with van der Waals surface area (Å²) in [5.41, 5.74) is 2.71. The molecule has 1 aliphatic rings. The van der Waals surface area contributed by atoms with Gasteiger partial charge in [0, 0.05) is 10.6 Å². The van der Waals surface area contributed by atoms with E-state index < -0.39 is 17.0 Å². The van der Waals surface area contributed by atoms with E-state index in [4.69, 9.17) is 4.74 Å². The fourth-order valence-corrected chi connectivity index (χ4v) is 4.23. The Bertz CT molecular complexity index is 1020. The Hall–Kier alpha value is -3.26. The molecule has 1 aliphatic heterocycles. The Balaban J connectivity index is 1.97. The summed E-state index contributed by atoms with van der Waals surface area (Å²) in [5, 5.41) is 14.8. The molecule has 3 rings (SSSR count). The van der Waals surface area contributed by atoms with E-state index in [0.29, 0.717) is 17.0 Å². The molecular formula is C22H22N2O5S. The number of carbonyl (C=O) groups is 1. The van der Waals surface area contributed by atoms with E-state index in [1.807, 2.05) is 36.4 Å². The molecule has 1 N–H and O–H groups in total. The zero-order chi connectivity index (χ0) is 21.7. The summed E-state index contributed by atoms with van der Waals surface area (Å²) in [6, 6.07) is 17.5. The van der Waals surface area contributed by atoms with Crippen molar-refractivity contribution in [1.29, 1.82) is 0 Å². The molecule has 0 fully saturated rings. The minimum Gasteiger partial charge on any atom is -0.437 e. The van der Waals surface area contributed by atoms with Crippen LogP contribution in [0.25, 0.3) is 0 Å². The Morgan fingerprint density at radius 3 is 2.53 bits per heavy atom. The van der Waals surface area contributed by atoms with Crippen LogP contribution in [0.3, 0.4) is 0 Å². The van der Waals surface area contributed by atoms with Crippen molar-refractivity contribution in [2.45, 2.75) is 30.4 Å². The van der Waals surface area contributed by atoms with Gasteiger partial charge in [0.05, 0.1) is 23.4 Å². The lowest BCUT2D eigenvalue weighted by Gasteiger charge is -2.26. The summed E-state index contributed by atoms with van der Waals surface area (Å²) < 4.78 is 9.93. The van der Waals surface area contributed by atoms with Crippen molar-refractivity contribution >= 4 is 17.9 Å². The molecule has 7 nitrogen and oxygen atoms in total. The van der Waals surface area contributed by atoms with Crippen LogP contribution in [-0.4, -0.2) is 18.2 Å². The van der Waals surface area contributed by atoms with Crippen molar-refractivity contribution < 1.29 is 19.2 Å². The van der Waals surface area contributed by atoms with Crippen LogP contribution in [0, 0.1) is 10.1 Å². The lowest BCUT2D eigenvalue weighted by Crippen LogP contribution is -2.29. The average molecular weight is 426 g/mol. The standard InChI is InChI=1S/C22H22N2O5S/c1-14-20(24(26)27)19(21(15(2)23-14)29-22(25)28-3)17-10-7-11-18(12-17)30-13-16-8-5-4-6-9-16/h4-12,19,23H,13H2,1-3H3. The third kappa shape index (κ3) is 4.83. The molecule has 8 heteroatoms. The molecule has 0 saturated heterocycles. The second kappa shape index (κ2) is 9.49. The molecule has 156 valence electrons. The molecule has 0 aliphatic carbocycles. The lowest BCUT2D eigenvalue weighted by atomic mass is 9.89. The monoisotopic (exact) mass is 426 g/mol. The highest BCUT2D eigenvalue weighted by molar-refractivity contribution is 7.98. The van der Waals surface area contributed by atoms with E-state index in [2.05, 4.69) is 22.2 Å². The van der Waals surface area contributed by atoms with Crippen LogP contribution in [-0.2, 0) is 15.2 Å². The molecule has 1 heterocycles. The number of carbonyl (C=O) groups excluding carboxylic acids is 1. The van der Waals surface area contributed by atoms with E-state index >= 15 is 0 Å². The number of ether oxygens (including phenoxy) is 2. The van der Waals surface area contributed by atoms with Gasteiger partial charge in [-0.25, -0.2) is 4.79 Å². The molecule has 0 amide bonds. The van der Waals surface area contributed by atoms with Crippen LogP contribution in [0.2, 0.25) is 0 Å². The van der Waals surface area contributed by atoms with Gasteiger partial charge in [-0.05, 0) is 37.1 Å². The molecule has 0 aromatic heterocycles. The van der Waals surface area contributed by atoms with Crippen molar-refractivity contribution in [3.63, 3.8) is 0 Å². The van der Waals surface area contributed by atoms with Gasteiger partial charge < -0.3 is 14.8 Å². The van der Waals surface area contributed by atoms with Crippen LogP contribution < -0.4 is 5.32 Å². The highest BCUT2D eigenvalue weighted by Gasteiger charge is 2.39. The number of nitrogens with one attached hydrogen (secondary N) is 1. The number of rotatable bonds is 6. The molecule has 0 saturated carbocycles. The van der Waals surface area contributed by atoms with Crippen LogP contribution >= 0.6 is 11.8 Å². The van der Waals surface area contributed by atoms with Gasteiger partial charge in [-0.15, -0.1) is 11.8 Å². The maximum Gasteiger partial charge on any atom is 0.513 e. The second-order valence-corrected chi connectivity index (χ2v) is 7.77. The maximum absolute atomic E-state index is 11.9. The van der Waals surface area contributed by atoms with Crippen LogP contribution in [0.1, 0.15) is 30.9 Å². The maximum atomic E-state index is 11.9. The van der Waals surface area contributed by atoms with Gasteiger partial charge in [-0.2, -0.15) is 0 Å². The quantitative estimate of drug-likeness (QED) is 0.294. The average Bonchev–Trinajstić information content (AvgIpc) is 2.74. The number of thioether (sulfide) groups is 1. The predicted octanol–water partition coefficient (Wildman–Crippen LogP) is 5.19. The minimum absolute atomic E-state index is 0.0651. The third-order valence-corrected chi connectivity index (χ3v) is 5.73. The first kappa shape index (κ1) is 21.4. The summed E-state index contributed by atoms with van der Waals surface area (Å²) in [6.45, 7) is 3.34. The van der Waals surface area contributed by atoms with Gasteiger partial charge in [0.15, 0.2) is 0 Å². The number of hydrogen-bond acceptors (Lipinski definition) is 7. The lowest BCUT2D eigenvalue weighted by molar-refractivity contribution is -0.431. The fraction of sp³-hybridized carbons (Fsp3) is 0.227. The smallest absolute Gasteiger partial charge is 0.437 e. The van der Waals surface area contributed by atoms with Crippen molar-refractivity contribution in [1.82, 2.24) is 5.32 Å². The molecule has 0 radical (unpaired) electrons. The molecule has 0 spiro atoms. The predicted molar refractivity (Wildman–Crippen MR) is 114 cm³/mol. The molecule has 30 heavy (non-hydrogen) atoms. The van der Waals surface area contributed by atoms with E-state index in [1.54, 1.807) is 31.7 Å². The van der Waals surface area contributed by atoms with Crippen molar-refractivity contribution in [3.8, 4) is 0 Å². The first-order chi connectivity index (χ1) is 14.4. The Labute approximate surface area is 178 Å². The molecular weight excluding hydrogens is 404 g/mol. The minimum atomic E-state index is -0.923. The number of benzene rings is 2. The number of dihydropyridines is 1. The first-order valence-electron chi connectivity index (χ1n) is 9.26. The van der Waals surface area contributed by atoms with Gasteiger partial charge in [-0.3, -0.25) is 10.1 Å². The number of methoxy groups -OCH3 is 1. The SMILES string of the molecule is COC(=O)OC1=C(C)NC(C)=C([N+](=O)[O-])C1c1cccc(SCc2ccccc2)c1. The van der Waals surface area contributed by atoms with E-state index in [1.165, 1.54) is 12.7 Å². The molecule has 1 atom stereocenters. The Kier molecular flexibility index (Phi) is 6.79. The molecule has 2 aromatic carbocycles. The van der Waals surface area contributed by atoms with Gasteiger partial charge in [0.1, 0.15) is 11.7 Å². The topological polar surface area (TPSA) is 90.7 Å². The van der Waals surface area contributed by atoms with Gasteiger partial charge >= 0.3 is 6.16 Å². The Morgan fingerprint density at radius 1 is 1.13 bits per heavy atom. The van der Waals surface area contributed by atoms with Crippen molar-refractivity contribution in [2.75, 3.05) is 7.11 Å². The van der Waals surface area contributed by atoms with Gasteiger partial charge in [0.25, 0.3) is 5.70 Å². The zero-order valence-corrected chi connectivity index (χ0v) is 17.7. The summed E-state index contributed by atoms with van der Waals surface area (Å²) >= 11 is 1.63. The van der Waals surface area contributed by atoms with E-state index in [9.17, 15) is 14.9 Å². The third-order valence-electron chi connectivity index (χ3n) is 4.66. The number of nitrogens with zero attached hydrogens (tertiary/aromatic N) is 1. The first-order valence-corrected chi connectivity index (χ1v) is 10.2. The number of hydrogen-bond donors (Lipinski definition) is 1. The second-order valence-electron chi connectivity index (χ2n) is 6.72. The summed E-state index contributed by atoms with van der Waals surface area (Å²) in [6.07, 6.45) is -0.923. The van der Waals surface area contributed by atoms with Crippen molar-refractivity contribution in [2.24, 2.45) is 0 Å². The summed E-state index contributed by atoms with van der Waals surface area (Å²) in [4.78, 5) is 24.2. The number of allylic oxidation sites excluding steroid dienone is 2. The van der Waals surface area contributed by atoms with Gasteiger partial charge in [-0.1, -0.05) is 42.5 Å². The molecule has 2 aromatic rings. The molecule has 1 unspecified atom stereocenters. The zero-order valence-electron chi connectivity index (χ0n) is 16.9. The largest absolute Gasteiger partial charge is 0.513 e. The fourth-order valence-electron chi connectivity index (χ4n) is 3.31. The van der Waals surface area contributed by atoms with E-state index in [-0.39, 0.29) is 11.5 Å². The van der Waals surface area contributed by atoms with Crippen LogP contribution in [0.15, 0.2) is 82.3 Å². The number of nitro groups is 1. The van der Waals surface area contributed by atoms with Crippen LogP contribution in [0.5, 0.6) is 0 Å². The Morgan fingerprint density at radius 2 is 1.87 bits per heavy atom. The summed E-state index contributed by atoms with van der Waals surface area (Å²) in [5.74, 6) is 0.0930. The highest BCUT2D eigenvalue weighted by Crippen LogP contribution is 2.40. The van der Waals surface area contributed by atoms with Crippen LogP contribution in [0.4, 0.5) is 4.79 Å². The highest BCUT2D eigenvalue weighted by atomic mass is 32.2. The normalized spacial score (nSPS) is 16.2.